The number of hydrogen-bond donors (Lipinski definition) is 2. The first-order valence-corrected chi connectivity index (χ1v) is 8.45. The van der Waals surface area contributed by atoms with Crippen LogP contribution in [0.2, 0.25) is 5.02 Å². The van der Waals surface area contributed by atoms with Crippen molar-refractivity contribution in [2.75, 3.05) is 24.6 Å². The van der Waals surface area contributed by atoms with Crippen molar-refractivity contribution in [3.8, 4) is 5.75 Å². The van der Waals surface area contributed by atoms with Crippen molar-refractivity contribution in [1.82, 2.24) is 15.5 Å². The minimum atomic E-state index is -0.299. The van der Waals surface area contributed by atoms with E-state index in [2.05, 4.69) is 15.5 Å². The lowest BCUT2D eigenvalue weighted by Crippen LogP contribution is -2.43. The van der Waals surface area contributed by atoms with Crippen molar-refractivity contribution in [3.05, 3.63) is 53.2 Å². The van der Waals surface area contributed by atoms with Crippen LogP contribution in [-0.2, 0) is 4.79 Å². The fourth-order valence-corrected chi connectivity index (χ4v) is 3.23. The lowest BCUT2D eigenvalue weighted by Gasteiger charge is -2.29. The second-order valence-electron chi connectivity index (χ2n) is 5.82. The average Bonchev–Trinajstić information content (AvgIpc) is 3.13. The molecule has 3 aromatic rings. The summed E-state index contributed by atoms with van der Waals surface area (Å²) in [5.74, 6) is 0.217. The van der Waals surface area contributed by atoms with Gasteiger partial charge in [0.25, 0.3) is 11.8 Å². The Morgan fingerprint density at radius 2 is 2.15 bits per heavy atom. The van der Waals surface area contributed by atoms with Crippen molar-refractivity contribution in [2.24, 2.45) is 0 Å². The van der Waals surface area contributed by atoms with Crippen LogP contribution < -0.4 is 15.0 Å². The van der Waals surface area contributed by atoms with E-state index in [1.165, 1.54) is 0 Å². The summed E-state index contributed by atoms with van der Waals surface area (Å²) in [7, 11) is 0. The number of H-pyrrole nitrogens is 1. The van der Waals surface area contributed by atoms with Gasteiger partial charge in [-0.15, -0.1) is 0 Å². The van der Waals surface area contributed by atoms with Crippen molar-refractivity contribution in [1.29, 1.82) is 0 Å². The molecule has 132 valence electrons. The van der Waals surface area contributed by atoms with Gasteiger partial charge in [-0.3, -0.25) is 14.7 Å². The summed E-state index contributed by atoms with van der Waals surface area (Å²) in [5.41, 5.74) is 1.84. The lowest BCUT2D eigenvalue weighted by molar-refractivity contribution is -0.121. The second kappa shape index (κ2) is 6.68. The third kappa shape index (κ3) is 2.86. The number of rotatable bonds is 4. The van der Waals surface area contributed by atoms with Crippen molar-refractivity contribution >= 4 is 40.0 Å². The lowest BCUT2D eigenvalue weighted by atomic mass is 10.1. The summed E-state index contributed by atoms with van der Waals surface area (Å²) < 4.78 is 5.41. The predicted octanol–water partition coefficient (Wildman–Crippen LogP) is 2.37. The molecule has 0 aliphatic carbocycles. The van der Waals surface area contributed by atoms with Crippen LogP contribution in [0.3, 0.4) is 0 Å². The molecule has 0 unspecified atom stereocenters. The summed E-state index contributed by atoms with van der Waals surface area (Å²) in [4.78, 5) is 26.2. The van der Waals surface area contributed by atoms with Gasteiger partial charge >= 0.3 is 0 Å². The van der Waals surface area contributed by atoms with E-state index in [1.807, 2.05) is 24.3 Å². The molecule has 2 aromatic carbocycles. The predicted molar refractivity (Wildman–Crippen MR) is 97.7 cm³/mol. The number of ether oxygens (including phenoxy) is 1. The molecule has 26 heavy (non-hydrogen) atoms. The molecule has 7 nitrogen and oxygen atoms in total. The van der Waals surface area contributed by atoms with Crippen LogP contribution in [0.25, 0.3) is 10.9 Å². The van der Waals surface area contributed by atoms with E-state index in [4.69, 9.17) is 16.3 Å². The third-order valence-corrected chi connectivity index (χ3v) is 4.64. The smallest absolute Gasteiger partial charge is 0.265 e. The number of para-hydroxylation sites is 2. The summed E-state index contributed by atoms with van der Waals surface area (Å²) in [6.45, 7) is 0.628. The highest BCUT2D eigenvalue weighted by Crippen LogP contribution is 2.31. The number of aromatic nitrogens is 2. The average molecular weight is 371 g/mol. The maximum absolute atomic E-state index is 12.4. The second-order valence-corrected chi connectivity index (χ2v) is 6.19. The van der Waals surface area contributed by atoms with Gasteiger partial charge < -0.3 is 15.0 Å². The van der Waals surface area contributed by atoms with E-state index in [0.29, 0.717) is 40.5 Å². The zero-order chi connectivity index (χ0) is 18.1. The van der Waals surface area contributed by atoms with Gasteiger partial charge in [0.05, 0.1) is 28.0 Å². The van der Waals surface area contributed by atoms with Crippen molar-refractivity contribution in [2.45, 2.75) is 0 Å². The van der Waals surface area contributed by atoms with Crippen molar-refractivity contribution < 1.29 is 14.3 Å². The molecule has 0 fully saturated rings. The first kappa shape index (κ1) is 16.4. The topological polar surface area (TPSA) is 87.3 Å². The van der Waals surface area contributed by atoms with Crippen LogP contribution in [0.5, 0.6) is 5.75 Å². The van der Waals surface area contributed by atoms with E-state index in [0.717, 1.165) is 5.52 Å². The molecule has 0 spiro atoms. The maximum atomic E-state index is 12.4. The number of nitrogens with zero attached hydrogens (tertiary/aromatic N) is 2. The third-order valence-electron chi connectivity index (χ3n) is 4.23. The highest BCUT2D eigenvalue weighted by Gasteiger charge is 2.25. The van der Waals surface area contributed by atoms with Gasteiger partial charge in [-0.05, 0) is 24.3 Å². The van der Waals surface area contributed by atoms with Crippen LogP contribution in [-0.4, -0.2) is 41.7 Å². The Kier molecular flexibility index (Phi) is 4.22. The number of anilines is 1. The first-order valence-electron chi connectivity index (χ1n) is 8.07. The largest absolute Gasteiger partial charge is 0.482 e. The number of amides is 2. The van der Waals surface area contributed by atoms with Gasteiger partial charge in [-0.25, -0.2) is 0 Å². The maximum Gasteiger partial charge on any atom is 0.265 e. The molecular weight excluding hydrogens is 356 g/mol. The van der Waals surface area contributed by atoms with E-state index in [9.17, 15) is 9.59 Å². The molecule has 2 heterocycles. The number of carbonyl (C=O) groups is 2. The van der Waals surface area contributed by atoms with E-state index in [-0.39, 0.29) is 18.4 Å². The summed E-state index contributed by atoms with van der Waals surface area (Å²) >= 11 is 6.29. The van der Waals surface area contributed by atoms with E-state index >= 15 is 0 Å². The molecule has 1 aliphatic heterocycles. The molecule has 0 radical (unpaired) electrons. The Bertz CT molecular complexity index is 1000. The van der Waals surface area contributed by atoms with Gasteiger partial charge in [0.15, 0.2) is 6.61 Å². The molecule has 1 aliphatic rings. The number of carbonyl (C=O) groups excluding carboxylic acids is 2. The number of benzene rings is 2. The molecule has 0 atom stereocenters. The van der Waals surface area contributed by atoms with Gasteiger partial charge in [0.2, 0.25) is 0 Å². The molecule has 2 amide bonds. The SMILES string of the molecule is O=C(NCCN1C(=O)COc2ccccc21)c1ccc2[nH]ncc2c1Cl. The molecule has 0 saturated carbocycles. The van der Waals surface area contributed by atoms with Crippen LogP contribution in [0.4, 0.5) is 5.69 Å². The van der Waals surface area contributed by atoms with Crippen LogP contribution in [0.15, 0.2) is 42.6 Å². The fourth-order valence-electron chi connectivity index (χ4n) is 2.93. The minimum Gasteiger partial charge on any atom is -0.482 e. The molecule has 4 rings (SSSR count). The Labute approximate surface area is 153 Å². The van der Waals surface area contributed by atoms with Crippen LogP contribution in [0, 0.1) is 0 Å². The van der Waals surface area contributed by atoms with Gasteiger partial charge in [0, 0.05) is 18.5 Å². The minimum absolute atomic E-state index is 0.00601. The standard InChI is InChI=1S/C18H15ClN4O3/c19-17-11(5-6-13-12(17)9-21-22-13)18(25)20-7-8-23-14-3-1-2-4-15(14)26-10-16(23)24/h1-6,9H,7-8,10H2,(H,20,25)(H,21,22). The summed E-state index contributed by atoms with van der Waals surface area (Å²) in [6.07, 6.45) is 1.58. The normalized spacial score (nSPS) is 13.4. The van der Waals surface area contributed by atoms with E-state index < -0.39 is 0 Å². The number of halogens is 1. The highest BCUT2D eigenvalue weighted by atomic mass is 35.5. The number of nitrogens with one attached hydrogen (secondary N) is 2. The van der Waals surface area contributed by atoms with Gasteiger partial charge in [-0.1, -0.05) is 23.7 Å². The number of hydrogen-bond acceptors (Lipinski definition) is 4. The van der Waals surface area contributed by atoms with Crippen LogP contribution in [0.1, 0.15) is 10.4 Å². The molecular formula is C18H15ClN4O3. The Morgan fingerprint density at radius 1 is 1.31 bits per heavy atom. The summed E-state index contributed by atoms with van der Waals surface area (Å²) in [6, 6.07) is 10.7. The zero-order valence-electron chi connectivity index (χ0n) is 13.7. The molecule has 0 saturated heterocycles. The Hall–Kier alpha value is -3.06. The quantitative estimate of drug-likeness (QED) is 0.738. The van der Waals surface area contributed by atoms with Gasteiger partial charge in [-0.2, -0.15) is 5.10 Å². The molecule has 1 aromatic heterocycles. The van der Waals surface area contributed by atoms with Crippen LogP contribution >= 0.6 is 11.6 Å². The van der Waals surface area contributed by atoms with E-state index in [1.54, 1.807) is 23.2 Å². The molecule has 8 heteroatoms. The van der Waals surface area contributed by atoms with Gasteiger partial charge in [0.1, 0.15) is 5.75 Å². The first-order chi connectivity index (χ1) is 12.6. The zero-order valence-corrected chi connectivity index (χ0v) is 14.4. The Morgan fingerprint density at radius 3 is 3.04 bits per heavy atom. The molecule has 0 bridgehead atoms. The Balaban J connectivity index is 1.45. The fraction of sp³-hybridized carbons (Fsp3) is 0.167. The molecule has 2 N–H and O–H groups in total. The van der Waals surface area contributed by atoms with Crippen molar-refractivity contribution in [3.63, 3.8) is 0 Å². The highest BCUT2D eigenvalue weighted by molar-refractivity contribution is 6.38. The number of aromatic amines is 1. The monoisotopic (exact) mass is 370 g/mol. The number of fused-ring (bicyclic) bond motifs is 2. The summed E-state index contributed by atoms with van der Waals surface area (Å²) in [5, 5.41) is 10.6.